The van der Waals surface area contributed by atoms with Crippen molar-refractivity contribution in [1.29, 1.82) is 0 Å². The number of hydrogen-bond donors (Lipinski definition) is 0. The Morgan fingerprint density at radius 2 is 1.14 bits per heavy atom. The summed E-state index contributed by atoms with van der Waals surface area (Å²) in [6, 6.07) is 56.5. The van der Waals surface area contributed by atoms with Crippen LogP contribution in [0.15, 0.2) is 199 Å². The van der Waals surface area contributed by atoms with E-state index >= 15 is 0 Å². The second-order valence-corrected chi connectivity index (χ2v) is 15.1. The monoisotopic (exact) mass is 718 g/mol. The molecular formula is C53H38N2O. The van der Waals surface area contributed by atoms with Crippen LogP contribution in [0.25, 0.3) is 50.6 Å². The minimum atomic E-state index is -0.415. The van der Waals surface area contributed by atoms with E-state index in [4.69, 9.17) is 14.7 Å². The van der Waals surface area contributed by atoms with Crippen molar-refractivity contribution in [3.05, 3.63) is 227 Å². The van der Waals surface area contributed by atoms with E-state index in [0.29, 0.717) is 5.92 Å². The lowest BCUT2D eigenvalue weighted by Crippen LogP contribution is -2.35. The molecule has 0 saturated heterocycles. The zero-order chi connectivity index (χ0) is 37.1. The van der Waals surface area contributed by atoms with E-state index in [0.717, 1.165) is 64.7 Å². The van der Waals surface area contributed by atoms with Crippen molar-refractivity contribution in [2.24, 2.45) is 0 Å². The summed E-state index contributed by atoms with van der Waals surface area (Å²) in [5.74, 6) is 2.87. The van der Waals surface area contributed by atoms with Crippen LogP contribution in [0.4, 0.5) is 0 Å². The average molecular weight is 719 g/mol. The molecule has 0 fully saturated rings. The molecule has 3 aliphatic carbocycles. The second-order valence-electron chi connectivity index (χ2n) is 15.1. The predicted octanol–water partition coefficient (Wildman–Crippen LogP) is 12.9. The highest BCUT2D eigenvalue weighted by Gasteiger charge is 2.52. The number of ether oxygens (including phenoxy) is 1. The van der Waals surface area contributed by atoms with Gasteiger partial charge in [-0.25, -0.2) is 9.97 Å². The standard InChI is InChI=1S/C53H38N2O/c1-3-17-35(18-4-1)38-21-7-9-25-42(38)48-34-49(55-52(54-48)36-19-5-2-6-20-36)43-26-10-8-22-39(43)37-31-32-47-51(33-37)56-50-30-16-15-29-46(50)53(47)44-27-13-11-23-40(44)41-24-12-14-28-45(41)53/h1-17,19-30,33-35H,18,31-32H2. The Hall–Kier alpha value is -6.84. The number of fused-ring (bicyclic) bond motifs is 8. The van der Waals surface area contributed by atoms with E-state index in [2.05, 4.69) is 182 Å². The van der Waals surface area contributed by atoms with E-state index in [1.54, 1.807) is 0 Å². The summed E-state index contributed by atoms with van der Waals surface area (Å²) in [5, 5.41) is 0. The molecule has 3 heteroatoms. The lowest BCUT2D eigenvalue weighted by molar-refractivity contribution is 0.390. The average Bonchev–Trinajstić information content (AvgIpc) is 3.57. The first-order valence-corrected chi connectivity index (χ1v) is 19.7. The Balaban J connectivity index is 1.09. The molecule has 2 heterocycles. The molecule has 0 N–H and O–H groups in total. The highest BCUT2D eigenvalue weighted by atomic mass is 16.5. The Morgan fingerprint density at radius 1 is 0.536 bits per heavy atom. The lowest BCUT2D eigenvalue weighted by Gasteiger charge is -2.42. The summed E-state index contributed by atoms with van der Waals surface area (Å²) in [6.07, 6.45) is 13.9. The molecule has 266 valence electrons. The predicted molar refractivity (Wildman–Crippen MR) is 227 cm³/mol. The maximum absolute atomic E-state index is 6.94. The maximum atomic E-state index is 6.94. The molecule has 56 heavy (non-hydrogen) atoms. The minimum absolute atomic E-state index is 0.291. The van der Waals surface area contributed by atoms with Crippen molar-refractivity contribution in [2.75, 3.05) is 0 Å². The van der Waals surface area contributed by atoms with Crippen molar-refractivity contribution in [1.82, 2.24) is 9.97 Å². The molecule has 0 saturated carbocycles. The molecule has 1 aromatic heterocycles. The number of rotatable bonds is 5. The van der Waals surface area contributed by atoms with Crippen LogP contribution in [-0.2, 0) is 5.41 Å². The molecular weight excluding hydrogens is 681 g/mol. The topological polar surface area (TPSA) is 35.0 Å². The van der Waals surface area contributed by atoms with Crippen LogP contribution in [0.2, 0.25) is 0 Å². The summed E-state index contributed by atoms with van der Waals surface area (Å²) in [7, 11) is 0. The highest BCUT2D eigenvalue weighted by Crippen LogP contribution is 2.62. The molecule has 0 amide bonds. The molecule has 1 atom stereocenters. The summed E-state index contributed by atoms with van der Waals surface area (Å²) in [4.78, 5) is 10.6. The van der Waals surface area contributed by atoms with Crippen molar-refractivity contribution in [2.45, 2.75) is 30.6 Å². The third-order valence-corrected chi connectivity index (χ3v) is 12.1. The number of aromatic nitrogens is 2. The zero-order valence-electron chi connectivity index (χ0n) is 30.9. The van der Waals surface area contributed by atoms with E-state index in [9.17, 15) is 0 Å². The van der Waals surface area contributed by atoms with Gasteiger partial charge in [0.25, 0.3) is 0 Å². The highest BCUT2D eigenvalue weighted by molar-refractivity contribution is 5.90. The van der Waals surface area contributed by atoms with Gasteiger partial charge in [0.05, 0.1) is 16.8 Å². The van der Waals surface area contributed by atoms with Gasteiger partial charge in [-0.3, -0.25) is 0 Å². The Kier molecular flexibility index (Phi) is 7.67. The Labute approximate surface area is 327 Å². The SMILES string of the molecule is C1=CCC(c2ccccc2-c2cc(-c3ccccc3C3=CC4=C(CC3)C3(c5ccccc5O4)c4ccccc4-c4ccccc43)nc(-c3ccccc3)n2)C=C1. The number of hydrogen-bond acceptors (Lipinski definition) is 3. The third kappa shape index (κ3) is 5.04. The number of benzene rings is 6. The third-order valence-electron chi connectivity index (χ3n) is 12.1. The molecule has 1 aliphatic heterocycles. The van der Waals surface area contributed by atoms with Gasteiger partial charge in [-0.15, -0.1) is 0 Å². The Bertz CT molecular complexity index is 2780. The van der Waals surface area contributed by atoms with E-state index < -0.39 is 5.41 Å². The number of nitrogens with zero attached hydrogens (tertiary/aromatic N) is 2. The van der Waals surface area contributed by atoms with Crippen molar-refractivity contribution in [3.8, 4) is 50.8 Å². The van der Waals surface area contributed by atoms with Crippen LogP contribution in [0.3, 0.4) is 0 Å². The summed E-state index contributed by atoms with van der Waals surface area (Å²) in [5.41, 5.74) is 16.2. The molecule has 7 aromatic rings. The van der Waals surface area contributed by atoms with Gasteiger partial charge in [0.1, 0.15) is 11.5 Å². The molecule has 1 spiro atoms. The fourth-order valence-electron chi connectivity index (χ4n) is 9.66. The first kappa shape index (κ1) is 32.6. The largest absolute Gasteiger partial charge is 0.457 e. The molecule has 3 nitrogen and oxygen atoms in total. The maximum Gasteiger partial charge on any atom is 0.160 e. The van der Waals surface area contributed by atoms with Gasteiger partial charge < -0.3 is 4.74 Å². The molecule has 0 radical (unpaired) electrons. The first-order valence-electron chi connectivity index (χ1n) is 19.7. The smallest absolute Gasteiger partial charge is 0.160 e. The van der Waals surface area contributed by atoms with Crippen LogP contribution in [0, 0.1) is 0 Å². The number of para-hydroxylation sites is 1. The van der Waals surface area contributed by atoms with Crippen molar-refractivity contribution >= 4 is 5.57 Å². The molecule has 0 bridgehead atoms. The summed E-state index contributed by atoms with van der Waals surface area (Å²) in [6.45, 7) is 0. The lowest BCUT2D eigenvalue weighted by atomic mass is 9.63. The van der Waals surface area contributed by atoms with Crippen molar-refractivity contribution < 1.29 is 4.74 Å². The van der Waals surface area contributed by atoms with Gasteiger partial charge in [0.2, 0.25) is 0 Å². The molecule has 11 rings (SSSR count). The van der Waals surface area contributed by atoms with E-state index in [1.807, 2.05) is 6.07 Å². The summed E-state index contributed by atoms with van der Waals surface area (Å²) < 4.78 is 6.94. The molecule has 6 aromatic carbocycles. The van der Waals surface area contributed by atoms with Crippen molar-refractivity contribution in [3.63, 3.8) is 0 Å². The van der Waals surface area contributed by atoms with E-state index in [1.165, 1.54) is 50.1 Å². The van der Waals surface area contributed by atoms with Gasteiger partial charge in [-0.05, 0) is 82.0 Å². The van der Waals surface area contributed by atoms with Crippen LogP contribution >= 0.6 is 0 Å². The van der Waals surface area contributed by atoms with Gasteiger partial charge >= 0.3 is 0 Å². The van der Waals surface area contributed by atoms with Crippen LogP contribution in [-0.4, -0.2) is 9.97 Å². The van der Waals surface area contributed by atoms with Crippen LogP contribution in [0.5, 0.6) is 5.75 Å². The van der Waals surface area contributed by atoms with Gasteiger partial charge in [-0.2, -0.15) is 0 Å². The van der Waals surface area contributed by atoms with Gasteiger partial charge in [0.15, 0.2) is 5.82 Å². The van der Waals surface area contributed by atoms with Crippen LogP contribution < -0.4 is 4.74 Å². The van der Waals surface area contributed by atoms with E-state index in [-0.39, 0.29) is 0 Å². The quantitative estimate of drug-likeness (QED) is 0.178. The van der Waals surface area contributed by atoms with Gasteiger partial charge in [0, 0.05) is 28.2 Å². The normalized spacial score (nSPS) is 17.1. The Morgan fingerprint density at radius 3 is 1.88 bits per heavy atom. The molecule has 4 aliphatic rings. The van der Waals surface area contributed by atoms with Crippen LogP contribution in [0.1, 0.15) is 53.0 Å². The zero-order valence-corrected chi connectivity index (χ0v) is 30.9. The van der Waals surface area contributed by atoms with Gasteiger partial charge in [-0.1, -0.05) is 170 Å². The fourth-order valence-corrected chi connectivity index (χ4v) is 9.66. The first-order chi connectivity index (χ1) is 27.8. The summed E-state index contributed by atoms with van der Waals surface area (Å²) >= 11 is 0. The second kappa shape index (κ2) is 13.2. The molecule has 1 unspecified atom stereocenters. The number of allylic oxidation sites excluding steroid dienone is 7. The fraction of sp³-hybridized carbons (Fsp3) is 0.0943. The minimum Gasteiger partial charge on any atom is -0.457 e.